The topological polar surface area (TPSA) is 54.4 Å². The first-order chi connectivity index (χ1) is 17.5. The summed E-state index contributed by atoms with van der Waals surface area (Å²) in [6.07, 6.45) is 4.00. The summed E-state index contributed by atoms with van der Waals surface area (Å²) < 4.78 is 5.47. The van der Waals surface area contributed by atoms with Gasteiger partial charge in [0.1, 0.15) is 0 Å². The molecule has 3 heterocycles. The lowest BCUT2D eigenvalue weighted by Crippen LogP contribution is -2.36. The number of anilines is 2. The van der Waals surface area contributed by atoms with Gasteiger partial charge in [-0.15, -0.1) is 0 Å². The molecule has 0 saturated carbocycles. The molecule has 0 aliphatic carbocycles. The van der Waals surface area contributed by atoms with Gasteiger partial charge < -0.3 is 29.5 Å². The molecule has 5 rings (SSSR count). The van der Waals surface area contributed by atoms with E-state index in [0.29, 0.717) is 6.54 Å². The highest BCUT2D eigenvalue weighted by Crippen LogP contribution is 2.29. The molecule has 3 aliphatic heterocycles. The van der Waals surface area contributed by atoms with Crippen LogP contribution < -0.4 is 14.9 Å². The number of ether oxygens (including phenoxy) is 1. The van der Waals surface area contributed by atoms with Gasteiger partial charge in [-0.1, -0.05) is 29.3 Å². The van der Waals surface area contributed by atoms with Crippen LogP contribution in [0.3, 0.4) is 0 Å². The van der Waals surface area contributed by atoms with Crippen LogP contribution in [0, 0.1) is 5.92 Å². The van der Waals surface area contributed by atoms with E-state index in [1.807, 2.05) is 24.3 Å². The Bertz CT molecular complexity index is 1040. The SMILES string of the molecule is [O-]C(=NC(Cc1ccc(N2CCOCC2)c(Cl)c1)CN1CCCC1)[C@@H]1CCN(c2ccc(Cl)cc2)C1. The number of aliphatic imine (C=N–C) groups is 1. The van der Waals surface area contributed by atoms with E-state index >= 15 is 0 Å². The molecule has 0 bridgehead atoms. The van der Waals surface area contributed by atoms with Crippen molar-refractivity contribution < 1.29 is 9.84 Å². The molecular formula is C28H35Cl2N4O2-. The average molecular weight is 531 g/mol. The Hall–Kier alpha value is -1.99. The third-order valence-electron chi connectivity index (χ3n) is 7.54. The summed E-state index contributed by atoms with van der Waals surface area (Å²) in [5, 5.41) is 14.8. The summed E-state index contributed by atoms with van der Waals surface area (Å²) in [6, 6.07) is 14.1. The van der Waals surface area contributed by atoms with Crippen molar-refractivity contribution >= 4 is 40.5 Å². The Kier molecular flexibility index (Phi) is 8.58. The van der Waals surface area contributed by atoms with E-state index in [2.05, 4.69) is 32.9 Å². The van der Waals surface area contributed by atoms with Crippen LogP contribution in [-0.4, -0.2) is 75.9 Å². The van der Waals surface area contributed by atoms with E-state index in [9.17, 15) is 5.11 Å². The summed E-state index contributed by atoms with van der Waals surface area (Å²) in [6.45, 7) is 7.74. The molecule has 0 N–H and O–H groups in total. The third-order valence-corrected chi connectivity index (χ3v) is 8.10. The number of rotatable bonds is 8. The predicted octanol–water partition coefficient (Wildman–Crippen LogP) is 4.12. The van der Waals surface area contributed by atoms with Gasteiger partial charge in [-0.3, -0.25) is 0 Å². The number of likely N-dealkylation sites (tertiary alicyclic amines) is 1. The Morgan fingerprint density at radius 3 is 2.44 bits per heavy atom. The van der Waals surface area contributed by atoms with E-state index in [1.165, 1.54) is 12.8 Å². The second-order valence-electron chi connectivity index (χ2n) is 10.1. The van der Waals surface area contributed by atoms with Crippen LogP contribution in [0.25, 0.3) is 0 Å². The monoisotopic (exact) mass is 529 g/mol. The molecule has 194 valence electrons. The zero-order valence-electron chi connectivity index (χ0n) is 20.7. The molecular weight excluding hydrogens is 495 g/mol. The Labute approximate surface area is 224 Å². The minimum Gasteiger partial charge on any atom is -0.862 e. The molecule has 0 radical (unpaired) electrons. The molecule has 2 aromatic carbocycles. The molecule has 36 heavy (non-hydrogen) atoms. The van der Waals surface area contributed by atoms with Gasteiger partial charge in [-0.05, 0) is 86.6 Å². The molecule has 1 unspecified atom stereocenters. The lowest BCUT2D eigenvalue weighted by atomic mass is 10.0. The predicted molar refractivity (Wildman–Crippen MR) is 147 cm³/mol. The van der Waals surface area contributed by atoms with E-state index < -0.39 is 0 Å². The molecule has 6 nitrogen and oxygen atoms in total. The number of halogens is 2. The van der Waals surface area contributed by atoms with Crippen molar-refractivity contribution in [2.24, 2.45) is 10.9 Å². The van der Waals surface area contributed by atoms with Crippen molar-refractivity contribution in [1.29, 1.82) is 0 Å². The molecule has 8 heteroatoms. The Morgan fingerprint density at radius 1 is 0.972 bits per heavy atom. The number of nitrogens with zero attached hydrogens (tertiary/aromatic N) is 4. The van der Waals surface area contributed by atoms with E-state index in [4.69, 9.17) is 32.9 Å². The standard InChI is InChI=1S/C28H36Cl2N4O2/c29-23-4-6-25(7-5-23)34-12-9-22(19-34)28(35)31-24(20-32-10-1-2-11-32)17-21-3-8-27(26(30)18-21)33-13-15-36-16-14-33/h3-8,18,22,24H,1-2,9-17,19-20H2,(H,31,35)/p-1/t22-,24?/m1/s1. The highest BCUT2D eigenvalue weighted by molar-refractivity contribution is 6.33. The summed E-state index contributed by atoms with van der Waals surface area (Å²) in [5.41, 5.74) is 3.30. The van der Waals surface area contributed by atoms with Crippen LogP contribution in [0.2, 0.25) is 10.0 Å². The molecule has 3 saturated heterocycles. The lowest BCUT2D eigenvalue weighted by molar-refractivity contribution is -0.223. The molecule has 0 amide bonds. The van der Waals surface area contributed by atoms with Gasteiger partial charge in [0.2, 0.25) is 0 Å². The van der Waals surface area contributed by atoms with Crippen LogP contribution >= 0.6 is 23.2 Å². The summed E-state index contributed by atoms with van der Waals surface area (Å²) in [7, 11) is 0. The van der Waals surface area contributed by atoms with Crippen LogP contribution in [-0.2, 0) is 11.2 Å². The third kappa shape index (κ3) is 6.46. The minimum atomic E-state index is -0.0644. The fourth-order valence-corrected chi connectivity index (χ4v) is 6.01. The van der Waals surface area contributed by atoms with Crippen molar-refractivity contribution in [2.75, 3.05) is 68.8 Å². The Morgan fingerprint density at radius 2 is 1.72 bits per heavy atom. The maximum atomic E-state index is 13.3. The number of hydrogen-bond donors (Lipinski definition) is 0. The molecule has 0 aromatic heterocycles. The van der Waals surface area contributed by atoms with Crippen LogP contribution in [0.5, 0.6) is 0 Å². The van der Waals surface area contributed by atoms with Gasteiger partial charge in [0.05, 0.1) is 30.0 Å². The smallest absolute Gasteiger partial charge is 0.0655 e. The second kappa shape index (κ2) is 12.0. The highest BCUT2D eigenvalue weighted by Gasteiger charge is 2.25. The van der Waals surface area contributed by atoms with Gasteiger partial charge >= 0.3 is 0 Å². The maximum absolute atomic E-state index is 13.3. The average Bonchev–Trinajstić information content (AvgIpc) is 3.58. The van der Waals surface area contributed by atoms with Crippen LogP contribution in [0.15, 0.2) is 47.5 Å². The summed E-state index contributed by atoms with van der Waals surface area (Å²) in [4.78, 5) is 11.8. The molecule has 3 aliphatic rings. The van der Waals surface area contributed by atoms with Crippen molar-refractivity contribution in [3.05, 3.63) is 58.1 Å². The fourth-order valence-electron chi connectivity index (χ4n) is 5.56. The van der Waals surface area contributed by atoms with Crippen molar-refractivity contribution in [3.63, 3.8) is 0 Å². The Balaban J connectivity index is 1.28. The summed E-state index contributed by atoms with van der Waals surface area (Å²) >= 11 is 12.7. The van der Waals surface area contributed by atoms with E-state index in [-0.39, 0.29) is 17.9 Å². The maximum Gasteiger partial charge on any atom is 0.0655 e. The zero-order valence-corrected chi connectivity index (χ0v) is 22.3. The zero-order chi connectivity index (χ0) is 24.9. The molecule has 2 atom stereocenters. The van der Waals surface area contributed by atoms with Gasteiger partial charge in [-0.25, -0.2) is 0 Å². The van der Waals surface area contributed by atoms with Crippen molar-refractivity contribution in [3.8, 4) is 0 Å². The first kappa shape index (κ1) is 25.7. The summed E-state index contributed by atoms with van der Waals surface area (Å²) in [5.74, 6) is -0.0271. The van der Waals surface area contributed by atoms with Crippen molar-refractivity contribution in [2.45, 2.75) is 31.7 Å². The van der Waals surface area contributed by atoms with E-state index in [1.54, 1.807) is 0 Å². The van der Waals surface area contributed by atoms with Gasteiger partial charge in [0.25, 0.3) is 0 Å². The molecule has 0 spiro atoms. The van der Waals surface area contributed by atoms with Gasteiger partial charge in [-0.2, -0.15) is 0 Å². The number of benzene rings is 2. The minimum absolute atomic E-state index is 0.0340. The normalized spacial score (nSPS) is 22.4. The fraction of sp³-hybridized carbons (Fsp3) is 0.536. The first-order valence-electron chi connectivity index (χ1n) is 13.1. The van der Waals surface area contributed by atoms with Crippen LogP contribution in [0.4, 0.5) is 11.4 Å². The van der Waals surface area contributed by atoms with Gasteiger partial charge in [0, 0.05) is 49.4 Å². The number of hydrogen-bond acceptors (Lipinski definition) is 6. The second-order valence-corrected chi connectivity index (χ2v) is 11.0. The largest absolute Gasteiger partial charge is 0.862 e. The van der Waals surface area contributed by atoms with Gasteiger partial charge in [0.15, 0.2) is 0 Å². The number of morpholine rings is 1. The molecule has 3 fully saturated rings. The van der Waals surface area contributed by atoms with Crippen molar-refractivity contribution in [1.82, 2.24) is 4.90 Å². The highest BCUT2D eigenvalue weighted by atomic mass is 35.5. The molecule has 2 aromatic rings. The first-order valence-corrected chi connectivity index (χ1v) is 13.9. The lowest BCUT2D eigenvalue weighted by Gasteiger charge is -2.30. The van der Waals surface area contributed by atoms with E-state index in [0.717, 1.165) is 92.3 Å². The quantitative estimate of drug-likeness (QED) is 0.380. The van der Waals surface area contributed by atoms with Crippen LogP contribution in [0.1, 0.15) is 24.8 Å².